The minimum atomic E-state index is -0.603. The first kappa shape index (κ1) is 17.5. The standard InChI is InChI=1S/C20H22FNO3/c21-17-3-7-20(8-4-17)25-14-19(24)13-22-11-9-16(10-12-22)15-1-5-18(23)6-2-15/h1-9,19,23-24H,10-14H2/t19-/m1/s1. The van der Waals surface area contributed by atoms with Crippen molar-refractivity contribution in [2.75, 3.05) is 26.2 Å². The number of nitrogens with zero attached hydrogens (tertiary/aromatic N) is 1. The predicted molar refractivity (Wildman–Crippen MR) is 95.0 cm³/mol. The molecule has 0 bridgehead atoms. The summed E-state index contributed by atoms with van der Waals surface area (Å²) in [6.07, 6.45) is 2.45. The quantitative estimate of drug-likeness (QED) is 0.846. The highest BCUT2D eigenvalue weighted by Gasteiger charge is 2.16. The molecule has 0 unspecified atom stereocenters. The minimum absolute atomic E-state index is 0.177. The van der Waals surface area contributed by atoms with Gasteiger partial charge in [-0.3, -0.25) is 4.90 Å². The van der Waals surface area contributed by atoms with E-state index in [-0.39, 0.29) is 18.2 Å². The number of benzene rings is 2. The zero-order valence-corrected chi connectivity index (χ0v) is 13.9. The van der Waals surface area contributed by atoms with Gasteiger partial charge in [-0.15, -0.1) is 0 Å². The summed E-state index contributed by atoms with van der Waals surface area (Å²) in [5.41, 5.74) is 2.38. The van der Waals surface area contributed by atoms with Crippen molar-refractivity contribution >= 4 is 5.57 Å². The molecule has 25 heavy (non-hydrogen) atoms. The third-order valence-corrected chi connectivity index (χ3v) is 4.26. The summed E-state index contributed by atoms with van der Waals surface area (Å²) in [6, 6.07) is 13.0. The molecular formula is C20H22FNO3. The number of aliphatic hydroxyl groups is 1. The third kappa shape index (κ3) is 5.05. The largest absolute Gasteiger partial charge is 0.508 e. The molecule has 1 aliphatic rings. The number of β-amino-alcohol motifs (C(OH)–C–C–N with tert-alkyl or cyclic N) is 1. The van der Waals surface area contributed by atoms with Gasteiger partial charge in [-0.2, -0.15) is 0 Å². The number of phenolic OH excluding ortho intramolecular Hbond substituents is 1. The van der Waals surface area contributed by atoms with Crippen LogP contribution in [0.3, 0.4) is 0 Å². The lowest BCUT2D eigenvalue weighted by Gasteiger charge is -2.28. The molecule has 2 N–H and O–H groups in total. The summed E-state index contributed by atoms with van der Waals surface area (Å²) in [7, 11) is 0. The van der Waals surface area contributed by atoms with Crippen LogP contribution in [-0.4, -0.2) is 47.5 Å². The maximum absolute atomic E-state index is 12.8. The molecule has 0 aliphatic carbocycles. The van der Waals surface area contributed by atoms with Crippen molar-refractivity contribution in [1.29, 1.82) is 0 Å². The van der Waals surface area contributed by atoms with E-state index in [2.05, 4.69) is 11.0 Å². The minimum Gasteiger partial charge on any atom is -0.508 e. The van der Waals surface area contributed by atoms with Gasteiger partial charge < -0.3 is 14.9 Å². The van der Waals surface area contributed by atoms with Crippen molar-refractivity contribution in [2.24, 2.45) is 0 Å². The SMILES string of the molecule is Oc1ccc(C2=CCN(C[C@@H](O)COc3ccc(F)cc3)CC2)cc1. The van der Waals surface area contributed by atoms with Crippen molar-refractivity contribution in [3.8, 4) is 11.5 Å². The van der Waals surface area contributed by atoms with Gasteiger partial charge >= 0.3 is 0 Å². The molecule has 0 radical (unpaired) electrons. The number of phenols is 1. The average molecular weight is 343 g/mol. The highest BCUT2D eigenvalue weighted by Crippen LogP contribution is 2.24. The van der Waals surface area contributed by atoms with Crippen LogP contribution in [0.15, 0.2) is 54.6 Å². The lowest BCUT2D eigenvalue weighted by atomic mass is 9.99. The van der Waals surface area contributed by atoms with E-state index in [9.17, 15) is 14.6 Å². The molecule has 0 saturated carbocycles. The Morgan fingerprint density at radius 2 is 1.80 bits per heavy atom. The van der Waals surface area contributed by atoms with E-state index >= 15 is 0 Å². The third-order valence-electron chi connectivity index (χ3n) is 4.26. The molecule has 0 aromatic heterocycles. The van der Waals surface area contributed by atoms with Gasteiger partial charge in [-0.05, 0) is 54.0 Å². The summed E-state index contributed by atoms with van der Waals surface area (Å²) >= 11 is 0. The summed E-state index contributed by atoms with van der Waals surface area (Å²) in [5, 5.41) is 19.5. The lowest BCUT2D eigenvalue weighted by molar-refractivity contribution is 0.0716. The molecule has 4 nitrogen and oxygen atoms in total. The molecule has 0 fully saturated rings. The molecule has 1 atom stereocenters. The summed E-state index contributed by atoms with van der Waals surface area (Å²) < 4.78 is 18.3. The van der Waals surface area contributed by atoms with Crippen molar-refractivity contribution < 1.29 is 19.3 Å². The molecule has 0 amide bonds. The molecule has 2 aromatic rings. The normalized spacial score (nSPS) is 16.3. The predicted octanol–water partition coefficient (Wildman–Crippen LogP) is 3.06. The number of aliphatic hydroxyl groups excluding tert-OH is 1. The second-order valence-electron chi connectivity index (χ2n) is 6.20. The Labute approximate surface area is 146 Å². The van der Waals surface area contributed by atoms with Gasteiger partial charge in [0, 0.05) is 19.6 Å². The van der Waals surface area contributed by atoms with E-state index in [0.717, 1.165) is 25.1 Å². The molecule has 0 saturated heterocycles. The van der Waals surface area contributed by atoms with Crippen LogP contribution < -0.4 is 4.74 Å². The van der Waals surface area contributed by atoms with Gasteiger partial charge in [0.2, 0.25) is 0 Å². The first-order chi connectivity index (χ1) is 12.1. The maximum Gasteiger partial charge on any atom is 0.123 e. The van der Waals surface area contributed by atoms with Gasteiger partial charge in [-0.25, -0.2) is 4.39 Å². The Kier molecular flexibility index (Phi) is 5.68. The highest BCUT2D eigenvalue weighted by atomic mass is 19.1. The topological polar surface area (TPSA) is 52.9 Å². The Morgan fingerprint density at radius 1 is 1.08 bits per heavy atom. The Balaban J connectivity index is 1.46. The first-order valence-corrected chi connectivity index (χ1v) is 8.37. The van der Waals surface area contributed by atoms with E-state index in [1.54, 1.807) is 24.3 Å². The van der Waals surface area contributed by atoms with Crippen LogP contribution in [0.25, 0.3) is 5.57 Å². The number of ether oxygens (including phenoxy) is 1. The summed E-state index contributed by atoms with van der Waals surface area (Å²) in [4.78, 5) is 2.17. The zero-order valence-electron chi connectivity index (χ0n) is 13.9. The van der Waals surface area contributed by atoms with Gasteiger partial charge in [0.25, 0.3) is 0 Å². The molecule has 1 aliphatic heterocycles. The Bertz CT molecular complexity index is 713. The van der Waals surface area contributed by atoms with Crippen LogP contribution in [0.1, 0.15) is 12.0 Å². The van der Waals surface area contributed by atoms with Crippen LogP contribution >= 0.6 is 0 Å². The molecule has 0 spiro atoms. The maximum atomic E-state index is 12.8. The van der Waals surface area contributed by atoms with Crippen LogP contribution in [-0.2, 0) is 0 Å². The van der Waals surface area contributed by atoms with Crippen LogP contribution in [0.4, 0.5) is 4.39 Å². The number of aromatic hydroxyl groups is 1. The average Bonchev–Trinajstić information content (AvgIpc) is 2.63. The lowest BCUT2D eigenvalue weighted by Crippen LogP contribution is -2.38. The molecule has 5 heteroatoms. The molecule has 2 aromatic carbocycles. The van der Waals surface area contributed by atoms with Gasteiger partial charge in [0.1, 0.15) is 30.0 Å². The Hall–Kier alpha value is -2.37. The van der Waals surface area contributed by atoms with Crippen molar-refractivity contribution in [2.45, 2.75) is 12.5 Å². The van der Waals surface area contributed by atoms with Crippen LogP contribution in [0.5, 0.6) is 11.5 Å². The molecular weight excluding hydrogens is 321 g/mol. The summed E-state index contributed by atoms with van der Waals surface area (Å²) in [5.74, 6) is 0.511. The fraction of sp³-hybridized carbons (Fsp3) is 0.300. The number of hydrogen-bond acceptors (Lipinski definition) is 4. The smallest absolute Gasteiger partial charge is 0.123 e. The second kappa shape index (κ2) is 8.14. The molecule has 3 rings (SSSR count). The molecule has 132 valence electrons. The van der Waals surface area contributed by atoms with Crippen LogP contribution in [0, 0.1) is 5.82 Å². The van der Waals surface area contributed by atoms with Gasteiger partial charge in [0.15, 0.2) is 0 Å². The van der Waals surface area contributed by atoms with Gasteiger partial charge in [-0.1, -0.05) is 18.2 Å². The summed E-state index contributed by atoms with van der Waals surface area (Å²) in [6.45, 7) is 2.33. The van der Waals surface area contributed by atoms with E-state index < -0.39 is 6.10 Å². The Morgan fingerprint density at radius 3 is 2.44 bits per heavy atom. The number of halogens is 1. The van der Waals surface area contributed by atoms with E-state index in [1.165, 1.54) is 17.7 Å². The van der Waals surface area contributed by atoms with Crippen molar-refractivity contribution in [3.63, 3.8) is 0 Å². The fourth-order valence-electron chi connectivity index (χ4n) is 2.89. The van der Waals surface area contributed by atoms with E-state index in [1.807, 2.05) is 12.1 Å². The second-order valence-corrected chi connectivity index (χ2v) is 6.20. The highest BCUT2D eigenvalue weighted by molar-refractivity contribution is 5.67. The van der Waals surface area contributed by atoms with Crippen molar-refractivity contribution in [1.82, 2.24) is 4.90 Å². The van der Waals surface area contributed by atoms with Crippen molar-refractivity contribution in [3.05, 3.63) is 66.0 Å². The zero-order chi connectivity index (χ0) is 17.6. The van der Waals surface area contributed by atoms with E-state index in [4.69, 9.17) is 4.74 Å². The number of hydrogen-bond donors (Lipinski definition) is 2. The first-order valence-electron chi connectivity index (χ1n) is 8.37. The van der Waals surface area contributed by atoms with E-state index in [0.29, 0.717) is 12.3 Å². The van der Waals surface area contributed by atoms with Gasteiger partial charge in [0.05, 0.1) is 0 Å². The number of rotatable bonds is 6. The van der Waals surface area contributed by atoms with Crippen LogP contribution in [0.2, 0.25) is 0 Å². The molecule has 1 heterocycles. The fourth-order valence-corrected chi connectivity index (χ4v) is 2.89. The monoisotopic (exact) mass is 343 g/mol.